The lowest BCUT2D eigenvalue weighted by atomic mass is 9.93. The summed E-state index contributed by atoms with van der Waals surface area (Å²) in [7, 11) is 3.42. The largest absolute Gasteiger partial charge is 0.496 e. The molecule has 0 fully saturated rings. The van der Waals surface area contributed by atoms with Gasteiger partial charge in [0.1, 0.15) is 11.5 Å². The van der Waals surface area contributed by atoms with Crippen molar-refractivity contribution < 1.29 is 9.47 Å². The number of fused-ring (bicyclic) bond motifs is 3. The smallest absolute Gasteiger partial charge is 0.126 e. The van der Waals surface area contributed by atoms with Crippen LogP contribution < -0.4 is 9.47 Å². The highest BCUT2D eigenvalue weighted by atomic mass is 16.5. The summed E-state index contributed by atoms with van der Waals surface area (Å²) in [6.45, 7) is 0. The minimum atomic E-state index is 0.810. The first kappa shape index (κ1) is 25.5. The van der Waals surface area contributed by atoms with Gasteiger partial charge >= 0.3 is 0 Å². The Bertz CT molecular complexity index is 1900. The van der Waals surface area contributed by atoms with Crippen LogP contribution in [0.2, 0.25) is 0 Å². The monoisotopic (exact) mass is 544 g/mol. The summed E-state index contributed by atoms with van der Waals surface area (Å²) < 4.78 is 11.6. The lowest BCUT2D eigenvalue weighted by Gasteiger charge is -2.17. The zero-order valence-electron chi connectivity index (χ0n) is 23.4. The molecule has 5 aromatic carbocycles. The van der Waals surface area contributed by atoms with Crippen molar-refractivity contribution in [2.75, 3.05) is 14.2 Å². The van der Waals surface area contributed by atoms with Gasteiger partial charge in [0.15, 0.2) is 0 Å². The molecule has 0 amide bonds. The number of nitrogens with zero attached hydrogens (tertiary/aromatic N) is 2. The topological polar surface area (TPSA) is 44.2 Å². The maximum atomic E-state index is 5.81. The van der Waals surface area contributed by atoms with Gasteiger partial charge in [0.05, 0.1) is 36.6 Å². The van der Waals surface area contributed by atoms with Crippen LogP contribution in [0.4, 0.5) is 0 Å². The van der Waals surface area contributed by atoms with E-state index in [1.807, 2.05) is 72.8 Å². The van der Waals surface area contributed by atoms with Gasteiger partial charge in [-0.15, -0.1) is 0 Å². The Morgan fingerprint density at radius 2 is 0.786 bits per heavy atom. The fourth-order valence-corrected chi connectivity index (χ4v) is 5.67. The van der Waals surface area contributed by atoms with E-state index in [2.05, 4.69) is 60.7 Å². The van der Waals surface area contributed by atoms with Gasteiger partial charge in [-0.1, -0.05) is 109 Å². The van der Waals surface area contributed by atoms with E-state index < -0.39 is 0 Å². The van der Waals surface area contributed by atoms with Crippen LogP contribution in [0.25, 0.3) is 66.6 Å². The van der Waals surface area contributed by atoms with Crippen LogP contribution in [0, 0.1) is 0 Å². The Hall–Kier alpha value is -5.48. The first-order valence-electron chi connectivity index (χ1n) is 13.9. The van der Waals surface area contributed by atoms with E-state index in [1.165, 1.54) is 0 Å². The van der Waals surface area contributed by atoms with Gasteiger partial charge in [0.2, 0.25) is 0 Å². The molecule has 2 heterocycles. The van der Waals surface area contributed by atoms with Crippen LogP contribution in [0.1, 0.15) is 0 Å². The molecule has 42 heavy (non-hydrogen) atoms. The van der Waals surface area contributed by atoms with Gasteiger partial charge in [0, 0.05) is 33.0 Å². The predicted octanol–water partition coefficient (Wildman–Crippen LogP) is 9.47. The Balaban J connectivity index is 1.63. The fraction of sp³-hybridized carbons (Fsp3) is 0.0526. The third-order valence-electron chi connectivity index (χ3n) is 7.69. The van der Waals surface area contributed by atoms with Crippen molar-refractivity contribution in [2.24, 2.45) is 0 Å². The second-order valence-electron chi connectivity index (χ2n) is 10.1. The van der Waals surface area contributed by atoms with Gasteiger partial charge in [-0.05, 0) is 35.4 Å². The number of hydrogen-bond acceptors (Lipinski definition) is 4. The summed E-state index contributed by atoms with van der Waals surface area (Å²) >= 11 is 0. The highest BCUT2D eigenvalue weighted by Crippen LogP contribution is 2.42. The molecular formula is C38H28N2O2. The predicted molar refractivity (Wildman–Crippen MR) is 172 cm³/mol. The van der Waals surface area contributed by atoms with E-state index in [1.54, 1.807) is 14.2 Å². The summed E-state index contributed by atoms with van der Waals surface area (Å²) in [6, 6.07) is 45.5. The van der Waals surface area contributed by atoms with Gasteiger partial charge in [-0.3, -0.25) is 0 Å². The zero-order chi connectivity index (χ0) is 28.5. The Labute approximate surface area is 244 Å². The van der Waals surface area contributed by atoms with Crippen LogP contribution >= 0.6 is 0 Å². The summed E-state index contributed by atoms with van der Waals surface area (Å²) in [6.07, 6.45) is 0. The highest BCUT2D eigenvalue weighted by Gasteiger charge is 2.19. The molecule has 0 unspecified atom stereocenters. The summed E-state index contributed by atoms with van der Waals surface area (Å²) in [5.41, 5.74) is 9.61. The third-order valence-corrected chi connectivity index (χ3v) is 7.69. The second-order valence-corrected chi connectivity index (χ2v) is 10.1. The van der Waals surface area contributed by atoms with Crippen molar-refractivity contribution in [3.8, 4) is 56.3 Å². The molecule has 4 nitrogen and oxygen atoms in total. The summed E-state index contributed by atoms with van der Waals surface area (Å²) in [5, 5.41) is 2.02. The molecule has 0 aliphatic rings. The number of rotatable bonds is 6. The van der Waals surface area contributed by atoms with Crippen LogP contribution in [-0.2, 0) is 0 Å². The molecular weight excluding hydrogens is 516 g/mol. The first-order chi connectivity index (χ1) is 20.7. The minimum absolute atomic E-state index is 0.810. The number of pyridine rings is 2. The van der Waals surface area contributed by atoms with Crippen molar-refractivity contribution in [1.29, 1.82) is 0 Å². The van der Waals surface area contributed by atoms with Gasteiger partial charge in [-0.25, -0.2) is 9.97 Å². The molecule has 2 aromatic heterocycles. The molecule has 0 radical (unpaired) electrons. The molecule has 0 atom stereocenters. The zero-order valence-corrected chi connectivity index (χ0v) is 23.4. The van der Waals surface area contributed by atoms with Gasteiger partial charge in [-0.2, -0.15) is 0 Å². The number of ether oxygens (including phenoxy) is 2. The van der Waals surface area contributed by atoms with Crippen molar-refractivity contribution in [3.05, 3.63) is 133 Å². The van der Waals surface area contributed by atoms with E-state index in [0.29, 0.717) is 0 Å². The standard InChI is InChI=1S/C38H28N2O2/c1-41-35-19-11-9-17-27(35)31-23-33(25-13-5-3-6-14-25)39-37-29(31)21-22-30-32(28-18-10-12-20-36(28)42-2)24-34(40-38(30)37)26-15-7-4-8-16-26/h3-24H,1-2H3. The third kappa shape index (κ3) is 4.43. The normalized spacial score (nSPS) is 11.1. The molecule has 0 aliphatic carbocycles. The highest BCUT2D eigenvalue weighted by molar-refractivity contribution is 6.14. The Kier molecular flexibility index (Phi) is 6.57. The van der Waals surface area contributed by atoms with E-state index in [0.717, 1.165) is 78.1 Å². The molecule has 0 saturated carbocycles. The summed E-state index contributed by atoms with van der Waals surface area (Å²) in [4.78, 5) is 10.6. The Morgan fingerprint density at radius 3 is 1.19 bits per heavy atom. The van der Waals surface area contributed by atoms with Crippen LogP contribution in [0.5, 0.6) is 11.5 Å². The van der Waals surface area contributed by atoms with Crippen molar-refractivity contribution in [1.82, 2.24) is 9.97 Å². The molecule has 4 heteroatoms. The summed E-state index contributed by atoms with van der Waals surface area (Å²) in [5.74, 6) is 1.62. The van der Waals surface area contributed by atoms with E-state index >= 15 is 0 Å². The molecule has 7 rings (SSSR count). The molecule has 0 aliphatic heterocycles. The number of para-hydroxylation sites is 2. The Morgan fingerprint density at radius 1 is 0.405 bits per heavy atom. The van der Waals surface area contributed by atoms with Crippen LogP contribution in [0.15, 0.2) is 133 Å². The first-order valence-corrected chi connectivity index (χ1v) is 13.9. The van der Waals surface area contributed by atoms with Gasteiger partial charge < -0.3 is 9.47 Å². The molecule has 7 aromatic rings. The van der Waals surface area contributed by atoms with Crippen LogP contribution in [-0.4, -0.2) is 24.2 Å². The molecule has 202 valence electrons. The number of benzene rings is 5. The van der Waals surface area contributed by atoms with Crippen molar-refractivity contribution >= 4 is 21.8 Å². The maximum Gasteiger partial charge on any atom is 0.126 e. The van der Waals surface area contributed by atoms with Gasteiger partial charge in [0.25, 0.3) is 0 Å². The number of hydrogen-bond donors (Lipinski definition) is 0. The lowest BCUT2D eigenvalue weighted by Crippen LogP contribution is -1.97. The minimum Gasteiger partial charge on any atom is -0.496 e. The van der Waals surface area contributed by atoms with E-state index in [-0.39, 0.29) is 0 Å². The molecule has 0 N–H and O–H groups in total. The average molecular weight is 545 g/mol. The van der Waals surface area contributed by atoms with E-state index in [4.69, 9.17) is 19.4 Å². The van der Waals surface area contributed by atoms with E-state index in [9.17, 15) is 0 Å². The molecule has 0 saturated heterocycles. The van der Waals surface area contributed by atoms with Crippen LogP contribution in [0.3, 0.4) is 0 Å². The molecule has 0 bridgehead atoms. The number of methoxy groups -OCH3 is 2. The number of aromatic nitrogens is 2. The average Bonchev–Trinajstić information content (AvgIpc) is 3.08. The maximum absolute atomic E-state index is 5.81. The quantitative estimate of drug-likeness (QED) is 0.196. The fourth-order valence-electron chi connectivity index (χ4n) is 5.67. The lowest BCUT2D eigenvalue weighted by molar-refractivity contribution is 0.416. The SMILES string of the molecule is COc1ccccc1-c1cc(-c2ccccc2)nc2c1ccc1c(-c3ccccc3OC)cc(-c3ccccc3)nc12. The molecule has 0 spiro atoms. The second kappa shape index (κ2) is 10.8. The van der Waals surface area contributed by atoms with Crippen molar-refractivity contribution in [2.45, 2.75) is 0 Å². The van der Waals surface area contributed by atoms with Crippen molar-refractivity contribution in [3.63, 3.8) is 0 Å².